The Balaban J connectivity index is 1.54. The van der Waals surface area contributed by atoms with E-state index < -0.39 is 27.4 Å². The second-order valence-electron chi connectivity index (χ2n) is 7.60. The van der Waals surface area contributed by atoms with E-state index in [9.17, 15) is 18.0 Å². The summed E-state index contributed by atoms with van der Waals surface area (Å²) in [7, 11) is -3.80. The number of furan rings is 1. The topological polar surface area (TPSA) is 130 Å². The van der Waals surface area contributed by atoms with E-state index in [0.29, 0.717) is 48.4 Å². The van der Waals surface area contributed by atoms with Gasteiger partial charge in [-0.2, -0.15) is 5.26 Å². The maximum Gasteiger partial charge on any atom is 0.291 e. The van der Waals surface area contributed by atoms with Crippen molar-refractivity contribution in [3.05, 3.63) is 65.4 Å². The molecule has 1 aliphatic rings. The van der Waals surface area contributed by atoms with E-state index in [1.165, 1.54) is 24.3 Å². The molecule has 0 unspecified atom stereocenters. The van der Waals surface area contributed by atoms with E-state index in [0.717, 1.165) is 0 Å². The van der Waals surface area contributed by atoms with Gasteiger partial charge in [0, 0.05) is 18.5 Å². The number of para-hydroxylation sites is 1. The molecule has 4 rings (SSSR count). The van der Waals surface area contributed by atoms with Gasteiger partial charge in [0.25, 0.3) is 5.91 Å². The molecule has 0 bridgehead atoms. The lowest BCUT2D eigenvalue weighted by Gasteiger charge is -2.26. The van der Waals surface area contributed by atoms with Crippen LogP contribution in [0.2, 0.25) is 0 Å². The largest absolute Gasteiger partial charge is 0.449 e. The first kappa shape index (κ1) is 22.5. The van der Waals surface area contributed by atoms with Gasteiger partial charge in [-0.15, -0.1) is 0 Å². The Labute approximate surface area is 190 Å². The van der Waals surface area contributed by atoms with Gasteiger partial charge in [-0.3, -0.25) is 9.59 Å². The Kier molecular flexibility index (Phi) is 6.44. The van der Waals surface area contributed by atoms with Crippen molar-refractivity contribution in [1.82, 2.24) is 4.90 Å². The van der Waals surface area contributed by atoms with Crippen LogP contribution in [0.3, 0.4) is 0 Å². The number of nitrogens with zero attached hydrogens (tertiary/aromatic N) is 2. The molecule has 0 aliphatic carbocycles. The van der Waals surface area contributed by atoms with Crippen molar-refractivity contribution in [2.24, 2.45) is 0 Å². The van der Waals surface area contributed by atoms with Gasteiger partial charge in [-0.1, -0.05) is 24.3 Å². The Morgan fingerprint density at radius 2 is 1.76 bits per heavy atom. The minimum absolute atomic E-state index is 0.0454. The number of nitrogens with one attached hydrogen (secondary N) is 1. The molecule has 1 aromatic heterocycles. The highest BCUT2D eigenvalue weighted by Gasteiger charge is 2.28. The first-order valence-corrected chi connectivity index (χ1v) is 12.1. The van der Waals surface area contributed by atoms with Gasteiger partial charge in [0.2, 0.25) is 11.7 Å². The van der Waals surface area contributed by atoms with Gasteiger partial charge in [-0.25, -0.2) is 8.42 Å². The summed E-state index contributed by atoms with van der Waals surface area (Å²) in [6, 6.07) is 14.9. The molecule has 2 heterocycles. The van der Waals surface area contributed by atoms with E-state index in [1.54, 1.807) is 29.2 Å². The van der Waals surface area contributed by atoms with E-state index in [2.05, 4.69) is 5.32 Å². The Hall–Kier alpha value is -3.68. The smallest absolute Gasteiger partial charge is 0.291 e. The van der Waals surface area contributed by atoms with Crippen LogP contribution >= 0.6 is 0 Å². The molecular formula is C23H21N3O6S. The summed E-state index contributed by atoms with van der Waals surface area (Å²) in [4.78, 5) is 27.3. The molecule has 0 radical (unpaired) electrons. The molecule has 0 spiro atoms. The van der Waals surface area contributed by atoms with Gasteiger partial charge < -0.3 is 19.4 Å². The van der Waals surface area contributed by atoms with Crippen molar-refractivity contribution in [2.75, 3.05) is 37.4 Å². The summed E-state index contributed by atoms with van der Waals surface area (Å²) >= 11 is 0. The van der Waals surface area contributed by atoms with E-state index in [1.807, 2.05) is 6.07 Å². The highest BCUT2D eigenvalue weighted by molar-refractivity contribution is 7.91. The van der Waals surface area contributed by atoms with Crippen LogP contribution in [-0.2, 0) is 25.1 Å². The zero-order chi connectivity index (χ0) is 23.4. The fourth-order valence-electron chi connectivity index (χ4n) is 3.59. The van der Waals surface area contributed by atoms with Crippen LogP contribution in [0.15, 0.2) is 52.9 Å². The molecule has 1 saturated heterocycles. The van der Waals surface area contributed by atoms with Crippen molar-refractivity contribution in [2.45, 2.75) is 5.75 Å². The van der Waals surface area contributed by atoms with Crippen LogP contribution in [-0.4, -0.2) is 57.2 Å². The Bertz CT molecular complexity index is 1330. The lowest BCUT2D eigenvalue weighted by atomic mass is 10.2. The van der Waals surface area contributed by atoms with Crippen molar-refractivity contribution < 1.29 is 27.2 Å². The number of amides is 2. The molecule has 1 aliphatic heterocycles. The zero-order valence-electron chi connectivity index (χ0n) is 17.6. The highest BCUT2D eigenvalue weighted by Crippen LogP contribution is 2.32. The molecule has 10 heteroatoms. The summed E-state index contributed by atoms with van der Waals surface area (Å²) in [6.45, 7) is 1.59. The number of benzene rings is 2. The average Bonchev–Trinajstić information content (AvgIpc) is 3.17. The summed E-state index contributed by atoms with van der Waals surface area (Å²) in [5, 5.41) is 11.9. The second kappa shape index (κ2) is 9.44. The number of anilines is 1. The van der Waals surface area contributed by atoms with Crippen LogP contribution in [0.25, 0.3) is 11.0 Å². The van der Waals surface area contributed by atoms with Crippen LogP contribution < -0.4 is 5.32 Å². The average molecular weight is 468 g/mol. The lowest BCUT2D eigenvalue weighted by molar-refractivity contribution is -0.113. The lowest BCUT2D eigenvalue weighted by Crippen LogP contribution is -2.40. The molecule has 2 aromatic carbocycles. The fraction of sp³-hybridized carbons (Fsp3) is 0.261. The molecule has 0 saturated carbocycles. The predicted octanol–water partition coefficient (Wildman–Crippen LogP) is 2.33. The number of carbonyl (C=O) groups excluding carboxylic acids is 2. The minimum Gasteiger partial charge on any atom is -0.449 e. The standard InChI is InChI=1S/C23H21N3O6S/c24-13-16-5-7-17(8-6-16)14-33(29,30)15-20(27)25-21-18-3-1-2-4-19(18)32-22(21)23(28)26-9-11-31-12-10-26/h1-8H,9-12,14-15H2,(H,25,27). The third-order valence-electron chi connectivity index (χ3n) is 5.17. The number of rotatable bonds is 6. The van der Waals surface area contributed by atoms with E-state index in [4.69, 9.17) is 14.4 Å². The monoisotopic (exact) mass is 467 g/mol. The van der Waals surface area contributed by atoms with Gasteiger partial charge in [0.15, 0.2) is 9.84 Å². The summed E-state index contributed by atoms with van der Waals surface area (Å²) < 4.78 is 36.2. The number of nitriles is 1. The normalized spacial score (nSPS) is 14.1. The molecule has 170 valence electrons. The molecule has 9 nitrogen and oxygen atoms in total. The van der Waals surface area contributed by atoms with Crippen LogP contribution in [0, 0.1) is 11.3 Å². The van der Waals surface area contributed by atoms with E-state index in [-0.39, 0.29) is 17.2 Å². The van der Waals surface area contributed by atoms with Gasteiger partial charge in [0.05, 0.1) is 30.6 Å². The number of morpholine rings is 1. The number of carbonyl (C=O) groups is 2. The zero-order valence-corrected chi connectivity index (χ0v) is 18.4. The number of sulfone groups is 1. The van der Waals surface area contributed by atoms with Crippen LogP contribution in [0.5, 0.6) is 0 Å². The highest BCUT2D eigenvalue weighted by atomic mass is 32.2. The van der Waals surface area contributed by atoms with Crippen molar-refractivity contribution in [3.8, 4) is 6.07 Å². The Morgan fingerprint density at radius 1 is 1.06 bits per heavy atom. The minimum atomic E-state index is -3.80. The van der Waals surface area contributed by atoms with Gasteiger partial charge >= 0.3 is 0 Å². The van der Waals surface area contributed by atoms with Crippen LogP contribution in [0.1, 0.15) is 21.7 Å². The summed E-state index contributed by atoms with van der Waals surface area (Å²) in [5.41, 5.74) is 1.45. The van der Waals surface area contributed by atoms with Crippen LogP contribution in [0.4, 0.5) is 5.69 Å². The SMILES string of the molecule is N#Cc1ccc(CS(=O)(=O)CC(=O)Nc2c(C(=O)N3CCOCC3)oc3ccccc23)cc1. The third kappa shape index (κ3) is 5.22. The van der Waals surface area contributed by atoms with Crippen molar-refractivity contribution >= 4 is 38.3 Å². The fourth-order valence-corrected chi connectivity index (χ4v) is 4.86. The number of hydrogen-bond acceptors (Lipinski definition) is 7. The molecule has 1 N–H and O–H groups in total. The number of ether oxygens (including phenoxy) is 1. The number of hydrogen-bond donors (Lipinski definition) is 1. The van der Waals surface area contributed by atoms with Crippen molar-refractivity contribution in [3.63, 3.8) is 0 Å². The molecule has 0 atom stereocenters. The Morgan fingerprint density at radius 3 is 2.45 bits per heavy atom. The molecule has 1 fully saturated rings. The first-order chi connectivity index (χ1) is 15.9. The molecule has 3 aromatic rings. The predicted molar refractivity (Wildman–Crippen MR) is 120 cm³/mol. The molecule has 33 heavy (non-hydrogen) atoms. The maximum absolute atomic E-state index is 13.0. The maximum atomic E-state index is 13.0. The molecular weight excluding hydrogens is 446 g/mol. The first-order valence-electron chi connectivity index (χ1n) is 10.2. The summed E-state index contributed by atoms with van der Waals surface area (Å²) in [6.07, 6.45) is 0. The molecule has 2 amide bonds. The quantitative estimate of drug-likeness (QED) is 0.589. The van der Waals surface area contributed by atoms with Gasteiger partial charge in [-0.05, 0) is 29.8 Å². The summed E-state index contributed by atoms with van der Waals surface area (Å²) in [5.74, 6) is -2.33. The van der Waals surface area contributed by atoms with Gasteiger partial charge in [0.1, 0.15) is 17.0 Å². The van der Waals surface area contributed by atoms with E-state index >= 15 is 0 Å². The third-order valence-corrected chi connectivity index (χ3v) is 6.65. The number of fused-ring (bicyclic) bond motifs is 1. The van der Waals surface area contributed by atoms with Crippen molar-refractivity contribution in [1.29, 1.82) is 5.26 Å². The second-order valence-corrected chi connectivity index (χ2v) is 9.66.